The lowest BCUT2D eigenvalue weighted by atomic mass is 10.2. The average Bonchev–Trinajstić information content (AvgIpc) is 3.45. The van der Waals surface area contributed by atoms with Crippen molar-refractivity contribution in [3.8, 4) is 10.6 Å². The Bertz CT molecular complexity index is 1110. The molecule has 1 saturated heterocycles. The fraction of sp³-hybridized carbons (Fsp3) is 0.250. The topological polar surface area (TPSA) is 56.0 Å². The molecule has 1 amide bonds. The maximum atomic E-state index is 13.1. The van der Waals surface area contributed by atoms with E-state index >= 15 is 0 Å². The van der Waals surface area contributed by atoms with Gasteiger partial charge in [-0.1, -0.05) is 18.2 Å². The number of aryl methyl sites for hydroxylation is 1. The highest BCUT2D eigenvalue weighted by Gasteiger charge is 2.30. The lowest BCUT2D eigenvalue weighted by molar-refractivity contribution is 0.0777. The third-order valence-electron chi connectivity index (χ3n) is 5.20. The van der Waals surface area contributed by atoms with Crippen molar-refractivity contribution >= 4 is 28.3 Å². The molecule has 0 saturated carbocycles. The normalized spacial score (nSPS) is 17.1. The number of hydrogen-bond acceptors (Lipinski definition) is 4. The van der Waals surface area contributed by atoms with E-state index in [2.05, 4.69) is 20.7 Å². The minimum atomic E-state index is 0.0414. The highest BCUT2D eigenvalue weighted by atomic mass is 32.1. The standard InChI is InChI=1S/C20H19N5OS/c1-23-18(11-16(22-23)19-7-4-10-27-19)20(26)24-9-8-14(12-24)25-13-21-15-5-2-3-6-17(15)25/h2-7,10-11,13-14H,8-9,12H2,1H3/t14-/m0/s1. The van der Waals surface area contributed by atoms with Crippen LogP contribution in [0.4, 0.5) is 0 Å². The van der Waals surface area contributed by atoms with E-state index in [9.17, 15) is 4.79 Å². The van der Waals surface area contributed by atoms with Gasteiger partial charge in [-0.3, -0.25) is 9.48 Å². The summed E-state index contributed by atoms with van der Waals surface area (Å²) in [5.74, 6) is 0.0414. The number of nitrogens with zero attached hydrogens (tertiary/aromatic N) is 5. The first-order valence-corrected chi connectivity index (χ1v) is 9.87. The molecule has 136 valence electrons. The number of carbonyl (C=O) groups excluding carboxylic acids is 1. The largest absolute Gasteiger partial charge is 0.335 e. The molecule has 0 radical (unpaired) electrons. The van der Waals surface area contributed by atoms with Crippen molar-refractivity contribution in [1.29, 1.82) is 0 Å². The molecule has 0 N–H and O–H groups in total. The van der Waals surface area contributed by atoms with Crippen LogP contribution in [0.15, 0.2) is 54.2 Å². The minimum absolute atomic E-state index is 0.0414. The monoisotopic (exact) mass is 377 g/mol. The smallest absolute Gasteiger partial charge is 0.272 e. The molecule has 0 aliphatic carbocycles. The number of amides is 1. The molecule has 1 aromatic carbocycles. The Morgan fingerprint density at radius 2 is 2.11 bits per heavy atom. The molecule has 3 aromatic heterocycles. The molecule has 4 aromatic rings. The number of hydrogen-bond donors (Lipinski definition) is 0. The summed E-state index contributed by atoms with van der Waals surface area (Å²) >= 11 is 1.63. The van der Waals surface area contributed by atoms with Gasteiger partial charge in [0.2, 0.25) is 0 Å². The van der Waals surface area contributed by atoms with E-state index in [1.807, 2.05) is 60.1 Å². The molecule has 0 bridgehead atoms. The van der Waals surface area contributed by atoms with Gasteiger partial charge in [-0.15, -0.1) is 11.3 Å². The van der Waals surface area contributed by atoms with Gasteiger partial charge in [-0.25, -0.2) is 4.98 Å². The van der Waals surface area contributed by atoms with Crippen molar-refractivity contribution in [1.82, 2.24) is 24.2 Å². The molecule has 0 unspecified atom stereocenters. The molecular formula is C20H19N5OS. The predicted molar refractivity (Wildman–Crippen MR) is 106 cm³/mol. The molecule has 1 fully saturated rings. The maximum absolute atomic E-state index is 13.1. The quantitative estimate of drug-likeness (QED) is 0.548. The van der Waals surface area contributed by atoms with Crippen molar-refractivity contribution in [2.45, 2.75) is 12.5 Å². The fourth-order valence-corrected chi connectivity index (χ4v) is 4.48. The van der Waals surface area contributed by atoms with Crippen LogP contribution in [0.3, 0.4) is 0 Å². The second-order valence-corrected chi connectivity index (χ2v) is 7.80. The Morgan fingerprint density at radius 3 is 2.96 bits per heavy atom. The van der Waals surface area contributed by atoms with E-state index in [4.69, 9.17) is 0 Å². The summed E-state index contributed by atoms with van der Waals surface area (Å²) in [5.41, 5.74) is 3.61. The van der Waals surface area contributed by atoms with E-state index < -0.39 is 0 Å². The Morgan fingerprint density at radius 1 is 1.22 bits per heavy atom. The van der Waals surface area contributed by atoms with Crippen LogP contribution in [0.25, 0.3) is 21.6 Å². The van der Waals surface area contributed by atoms with Gasteiger partial charge in [-0.05, 0) is 36.1 Å². The molecular weight excluding hydrogens is 358 g/mol. The number of fused-ring (bicyclic) bond motifs is 1. The molecule has 27 heavy (non-hydrogen) atoms. The van der Waals surface area contributed by atoms with Crippen LogP contribution in [-0.2, 0) is 7.05 Å². The summed E-state index contributed by atoms with van der Waals surface area (Å²) in [5, 5.41) is 6.54. The lowest BCUT2D eigenvalue weighted by Gasteiger charge is -2.17. The molecule has 5 rings (SSSR count). The van der Waals surface area contributed by atoms with Crippen molar-refractivity contribution in [2.24, 2.45) is 7.05 Å². The van der Waals surface area contributed by atoms with Crippen molar-refractivity contribution in [3.63, 3.8) is 0 Å². The van der Waals surface area contributed by atoms with Gasteiger partial charge in [-0.2, -0.15) is 5.10 Å². The second-order valence-electron chi connectivity index (χ2n) is 6.85. The summed E-state index contributed by atoms with van der Waals surface area (Å²) < 4.78 is 3.89. The zero-order valence-corrected chi connectivity index (χ0v) is 15.8. The predicted octanol–water partition coefficient (Wildman–Crippen LogP) is 3.59. The first kappa shape index (κ1) is 16.3. The maximum Gasteiger partial charge on any atom is 0.272 e. The number of likely N-dealkylation sites (tertiary alicyclic amines) is 1. The Labute approximate surface area is 160 Å². The number of para-hydroxylation sites is 2. The fourth-order valence-electron chi connectivity index (χ4n) is 3.80. The zero-order chi connectivity index (χ0) is 18.4. The van der Waals surface area contributed by atoms with Gasteiger partial charge < -0.3 is 9.47 Å². The molecule has 4 heterocycles. The van der Waals surface area contributed by atoms with Crippen molar-refractivity contribution in [2.75, 3.05) is 13.1 Å². The van der Waals surface area contributed by atoms with Crippen LogP contribution in [0.1, 0.15) is 23.0 Å². The van der Waals surface area contributed by atoms with E-state index in [1.165, 1.54) is 0 Å². The number of carbonyl (C=O) groups is 1. The van der Waals surface area contributed by atoms with Gasteiger partial charge in [0.25, 0.3) is 5.91 Å². The third-order valence-corrected chi connectivity index (χ3v) is 6.09. The minimum Gasteiger partial charge on any atom is -0.335 e. The van der Waals surface area contributed by atoms with E-state index in [0.29, 0.717) is 12.2 Å². The van der Waals surface area contributed by atoms with Crippen LogP contribution < -0.4 is 0 Å². The molecule has 1 aliphatic rings. The summed E-state index contributed by atoms with van der Waals surface area (Å²) in [6.07, 6.45) is 2.82. The molecule has 1 atom stereocenters. The van der Waals surface area contributed by atoms with Gasteiger partial charge in [0.05, 0.1) is 28.3 Å². The van der Waals surface area contributed by atoms with Crippen LogP contribution >= 0.6 is 11.3 Å². The van der Waals surface area contributed by atoms with Crippen LogP contribution in [-0.4, -0.2) is 43.2 Å². The molecule has 0 spiro atoms. The summed E-state index contributed by atoms with van der Waals surface area (Å²) in [6, 6.07) is 14.3. The van der Waals surface area contributed by atoms with Gasteiger partial charge in [0.1, 0.15) is 11.4 Å². The van der Waals surface area contributed by atoms with E-state index in [-0.39, 0.29) is 11.9 Å². The Kier molecular flexibility index (Phi) is 3.82. The first-order chi connectivity index (χ1) is 13.2. The van der Waals surface area contributed by atoms with Crippen LogP contribution in [0.2, 0.25) is 0 Å². The number of rotatable bonds is 3. The Balaban J connectivity index is 1.38. The molecule has 6 nitrogen and oxygen atoms in total. The van der Waals surface area contributed by atoms with Gasteiger partial charge in [0, 0.05) is 20.1 Å². The molecule has 1 aliphatic heterocycles. The summed E-state index contributed by atoms with van der Waals surface area (Å²) in [7, 11) is 1.83. The zero-order valence-electron chi connectivity index (χ0n) is 14.9. The highest BCUT2D eigenvalue weighted by Crippen LogP contribution is 2.28. The highest BCUT2D eigenvalue weighted by molar-refractivity contribution is 7.13. The number of aromatic nitrogens is 4. The first-order valence-electron chi connectivity index (χ1n) is 8.99. The van der Waals surface area contributed by atoms with Crippen LogP contribution in [0, 0.1) is 0 Å². The van der Waals surface area contributed by atoms with Gasteiger partial charge in [0.15, 0.2) is 0 Å². The van der Waals surface area contributed by atoms with Gasteiger partial charge >= 0.3 is 0 Å². The summed E-state index contributed by atoms with van der Waals surface area (Å²) in [6.45, 7) is 1.44. The van der Waals surface area contributed by atoms with E-state index in [1.54, 1.807) is 16.0 Å². The van der Waals surface area contributed by atoms with Crippen molar-refractivity contribution in [3.05, 3.63) is 59.9 Å². The number of benzene rings is 1. The molecule has 7 heteroatoms. The average molecular weight is 377 g/mol. The Hall–Kier alpha value is -2.93. The summed E-state index contributed by atoms with van der Waals surface area (Å²) in [4.78, 5) is 20.6. The second kappa shape index (κ2) is 6.35. The van der Waals surface area contributed by atoms with Crippen molar-refractivity contribution < 1.29 is 4.79 Å². The third kappa shape index (κ3) is 2.75. The number of thiophene rings is 1. The van der Waals surface area contributed by atoms with E-state index in [0.717, 1.165) is 34.6 Å². The number of imidazole rings is 1. The SMILES string of the molecule is Cn1nc(-c2cccs2)cc1C(=O)N1CC[C@H](n2cnc3ccccc32)C1. The lowest BCUT2D eigenvalue weighted by Crippen LogP contribution is -2.30. The van der Waals surface area contributed by atoms with Crippen LogP contribution in [0.5, 0.6) is 0 Å².